The molecule has 31 heavy (non-hydrogen) atoms. The zero-order valence-corrected chi connectivity index (χ0v) is 17.2. The third-order valence-electron chi connectivity index (χ3n) is 5.51. The van der Waals surface area contributed by atoms with Crippen molar-refractivity contribution in [3.63, 3.8) is 0 Å². The Hall–Kier alpha value is -3.07. The van der Waals surface area contributed by atoms with E-state index >= 15 is 0 Å². The molecular formula is C22H25FN4O4. The Morgan fingerprint density at radius 3 is 2.39 bits per heavy atom. The minimum absolute atomic E-state index is 0.0438. The van der Waals surface area contributed by atoms with Crippen molar-refractivity contribution in [1.82, 2.24) is 19.8 Å². The molecule has 1 aromatic heterocycles. The number of ether oxygens (including phenoxy) is 2. The van der Waals surface area contributed by atoms with Crippen LogP contribution in [0.2, 0.25) is 0 Å². The Labute approximate surface area is 180 Å². The summed E-state index contributed by atoms with van der Waals surface area (Å²) in [4.78, 5) is 35.2. The molecule has 4 rings (SSSR count). The molecule has 0 N–H and O–H groups in total. The van der Waals surface area contributed by atoms with Gasteiger partial charge in [0.15, 0.2) is 0 Å². The molecule has 2 fully saturated rings. The summed E-state index contributed by atoms with van der Waals surface area (Å²) in [6.07, 6.45) is 5.07. The summed E-state index contributed by atoms with van der Waals surface area (Å²) in [6.45, 7) is 2.46. The third-order valence-corrected chi connectivity index (χ3v) is 5.51. The molecule has 2 aromatic rings. The van der Waals surface area contributed by atoms with Crippen molar-refractivity contribution in [2.24, 2.45) is 0 Å². The number of benzene rings is 1. The van der Waals surface area contributed by atoms with E-state index in [0.29, 0.717) is 18.0 Å². The zero-order valence-electron chi connectivity index (χ0n) is 17.2. The number of hydrogen-bond acceptors (Lipinski definition) is 7. The lowest BCUT2D eigenvalue weighted by molar-refractivity contribution is -0.138. The number of hydrogen-bond donors (Lipinski definition) is 0. The molecule has 0 saturated carbocycles. The van der Waals surface area contributed by atoms with Gasteiger partial charge >= 0.3 is 0 Å². The molecule has 2 aliphatic heterocycles. The first-order valence-corrected chi connectivity index (χ1v) is 10.5. The largest absolute Gasteiger partial charge is 0.472 e. The topological polar surface area (TPSA) is 84.9 Å². The predicted octanol–water partition coefficient (Wildman–Crippen LogP) is 2.19. The van der Waals surface area contributed by atoms with Crippen LogP contribution in [0.3, 0.4) is 0 Å². The molecule has 0 unspecified atom stereocenters. The van der Waals surface area contributed by atoms with Gasteiger partial charge in [0.2, 0.25) is 11.8 Å². The molecule has 0 atom stereocenters. The predicted molar refractivity (Wildman–Crippen MR) is 109 cm³/mol. The first-order valence-electron chi connectivity index (χ1n) is 10.5. The molecule has 9 heteroatoms. The first kappa shape index (κ1) is 21.2. The summed E-state index contributed by atoms with van der Waals surface area (Å²) in [5.41, 5.74) is 0.696. The van der Waals surface area contributed by atoms with Crippen molar-refractivity contribution in [1.29, 1.82) is 0 Å². The molecule has 0 spiro atoms. The number of carbonyl (C=O) groups is 2. The van der Waals surface area contributed by atoms with E-state index in [1.165, 1.54) is 23.4 Å². The molecule has 1 aromatic carbocycles. The molecule has 2 saturated heterocycles. The SMILES string of the molecule is O=C1CCC(=O)N1CCOc1nccnc1OC1CCN(Cc2ccccc2F)CC1. The molecule has 3 heterocycles. The van der Waals surface area contributed by atoms with Crippen molar-refractivity contribution in [2.45, 2.75) is 38.3 Å². The van der Waals surface area contributed by atoms with E-state index in [1.807, 2.05) is 12.1 Å². The van der Waals surface area contributed by atoms with Gasteiger partial charge in [-0.05, 0) is 18.9 Å². The van der Waals surface area contributed by atoms with Gasteiger partial charge in [-0.2, -0.15) is 0 Å². The molecule has 0 aliphatic carbocycles. The summed E-state index contributed by atoms with van der Waals surface area (Å²) >= 11 is 0. The van der Waals surface area contributed by atoms with E-state index in [-0.39, 0.29) is 55.6 Å². The average molecular weight is 428 g/mol. The fraction of sp³-hybridized carbons (Fsp3) is 0.455. The molecule has 8 nitrogen and oxygen atoms in total. The van der Waals surface area contributed by atoms with Crippen LogP contribution in [0.25, 0.3) is 0 Å². The summed E-state index contributed by atoms with van der Waals surface area (Å²) < 4.78 is 25.6. The van der Waals surface area contributed by atoms with Crippen LogP contribution in [0, 0.1) is 5.82 Å². The minimum Gasteiger partial charge on any atom is -0.472 e. The molecule has 164 valence electrons. The van der Waals surface area contributed by atoms with Crippen molar-refractivity contribution in [3.8, 4) is 11.8 Å². The van der Waals surface area contributed by atoms with Crippen LogP contribution in [-0.2, 0) is 16.1 Å². The Kier molecular flexibility index (Phi) is 6.71. The zero-order chi connectivity index (χ0) is 21.6. The number of rotatable bonds is 8. The third kappa shape index (κ3) is 5.35. The van der Waals surface area contributed by atoms with Crippen molar-refractivity contribution in [2.75, 3.05) is 26.2 Å². The van der Waals surface area contributed by atoms with Crippen molar-refractivity contribution >= 4 is 11.8 Å². The average Bonchev–Trinajstić information content (AvgIpc) is 3.10. The Bertz CT molecular complexity index is 917. The number of amides is 2. The maximum Gasteiger partial charge on any atom is 0.278 e. The van der Waals surface area contributed by atoms with Gasteiger partial charge < -0.3 is 9.47 Å². The maximum atomic E-state index is 13.9. The Balaban J connectivity index is 1.27. The minimum atomic E-state index is -0.181. The van der Waals surface area contributed by atoms with Crippen LogP contribution in [0.15, 0.2) is 36.7 Å². The maximum absolute atomic E-state index is 13.9. The highest BCUT2D eigenvalue weighted by atomic mass is 19.1. The summed E-state index contributed by atoms with van der Waals surface area (Å²) in [5.74, 6) is 0.0155. The summed E-state index contributed by atoms with van der Waals surface area (Å²) in [7, 11) is 0. The number of nitrogens with zero attached hydrogens (tertiary/aromatic N) is 4. The van der Waals surface area contributed by atoms with Crippen LogP contribution >= 0.6 is 0 Å². The molecule has 0 bridgehead atoms. The highest BCUT2D eigenvalue weighted by molar-refractivity contribution is 6.01. The Morgan fingerprint density at radius 1 is 1.00 bits per heavy atom. The molecule has 0 radical (unpaired) electrons. The van der Waals surface area contributed by atoms with Gasteiger partial charge in [0, 0.05) is 50.4 Å². The number of imide groups is 1. The number of halogens is 1. The lowest BCUT2D eigenvalue weighted by atomic mass is 10.1. The normalized spacial score (nSPS) is 17.9. The first-order chi connectivity index (χ1) is 15.1. The fourth-order valence-electron chi connectivity index (χ4n) is 3.81. The second-order valence-corrected chi connectivity index (χ2v) is 7.64. The fourth-order valence-corrected chi connectivity index (χ4v) is 3.81. The van der Waals surface area contributed by atoms with E-state index in [1.54, 1.807) is 6.07 Å². The number of piperidine rings is 1. The van der Waals surface area contributed by atoms with Crippen molar-refractivity contribution in [3.05, 3.63) is 48.0 Å². The van der Waals surface area contributed by atoms with Gasteiger partial charge in [-0.1, -0.05) is 18.2 Å². The van der Waals surface area contributed by atoms with Crippen LogP contribution in [0.1, 0.15) is 31.2 Å². The van der Waals surface area contributed by atoms with Crippen LogP contribution in [-0.4, -0.2) is 63.9 Å². The van der Waals surface area contributed by atoms with E-state index in [0.717, 1.165) is 25.9 Å². The van der Waals surface area contributed by atoms with Gasteiger partial charge in [0.25, 0.3) is 11.8 Å². The number of likely N-dealkylation sites (tertiary alicyclic amines) is 2. The smallest absolute Gasteiger partial charge is 0.278 e. The van der Waals surface area contributed by atoms with E-state index in [4.69, 9.17) is 9.47 Å². The molecular weight excluding hydrogens is 403 g/mol. The summed E-state index contributed by atoms with van der Waals surface area (Å²) in [6, 6.07) is 6.83. The molecule has 2 aliphatic rings. The van der Waals surface area contributed by atoms with Gasteiger partial charge in [-0.3, -0.25) is 19.4 Å². The van der Waals surface area contributed by atoms with Crippen molar-refractivity contribution < 1.29 is 23.5 Å². The quantitative estimate of drug-likeness (QED) is 0.596. The van der Waals surface area contributed by atoms with E-state index < -0.39 is 0 Å². The molecule has 2 amide bonds. The van der Waals surface area contributed by atoms with Crippen LogP contribution in [0.4, 0.5) is 4.39 Å². The van der Waals surface area contributed by atoms with E-state index in [2.05, 4.69) is 14.9 Å². The lowest BCUT2D eigenvalue weighted by Gasteiger charge is -2.32. The van der Waals surface area contributed by atoms with E-state index in [9.17, 15) is 14.0 Å². The monoisotopic (exact) mass is 428 g/mol. The van der Waals surface area contributed by atoms with Crippen LogP contribution < -0.4 is 9.47 Å². The highest BCUT2D eigenvalue weighted by Gasteiger charge is 2.29. The second-order valence-electron chi connectivity index (χ2n) is 7.64. The lowest BCUT2D eigenvalue weighted by Crippen LogP contribution is -2.38. The number of aromatic nitrogens is 2. The van der Waals surface area contributed by atoms with Gasteiger partial charge in [0.05, 0.1) is 6.54 Å². The van der Waals surface area contributed by atoms with Gasteiger partial charge in [0.1, 0.15) is 18.5 Å². The standard InChI is InChI=1S/C22H25FN4O4/c23-18-4-2-1-3-16(18)15-26-11-7-17(8-12-26)31-22-21(24-9-10-25-22)30-14-13-27-19(28)5-6-20(27)29/h1-4,9-10,17H,5-8,11-15H2. The van der Waals surface area contributed by atoms with Crippen LogP contribution in [0.5, 0.6) is 11.8 Å². The highest BCUT2D eigenvalue weighted by Crippen LogP contribution is 2.25. The summed E-state index contributed by atoms with van der Waals surface area (Å²) in [5, 5.41) is 0. The number of carbonyl (C=O) groups excluding carboxylic acids is 2. The second kappa shape index (κ2) is 9.82. The van der Waals surface area contributed by atoms with Gasteiger partial charge in [-0.25, -0.2) is 14.4 Å². The van der Waals surface area contributed by atoms with Gasteiger partial charge in [-0.15, -0.1) is 0 Å². The Morgan fingerprint density at radius 2 is 1.68 bits per heavy atom.